The molecule has 0 spiro atoms. The molecule has 0 unspecified atom stereocenters. The van der Waals surface area contributed by atoms with E-state index in [9.17, 15) is 4.79 Å². The topological polar surface area (TPSA) is 74.9 Å². The minimum absolute atomic E-state index is 0.0473. The average molecular weight is 373 g/mol. The summed E-state index contributed by atoms with van der Waals surface area (Å²) in [7, 11) is 3.71. The van der Waals surface area contributed by atoms with Gasteiger partial charge in [-0.25, -0.2) is 0 Å². The maximum atomic E-state index is 12.8. The Morgan fingerprint density at radius 1 is 1.22 bits per heavy atom. The van der Waals surface area contributed by atoms with Crippen LogP contribution in [0.15, 0.2) is 28.8 Å². The van der Waals surface area contributed by atoms with Crippen molar-refractivity contribution in [1.29, 1.82) is 0 Å². The van der Waals surface area contributed by atoms with E-state index in [0.29, 0.717) is 23.8 Å². The molecule has 0 bridgehead atoms. The molecule has 0 atom stereocenters. The maximum absolute atomic E-state index is 12.8. The molecule has 1 aliphatic rings. The first-order valence-electron chi connectivity index (χ1n) is 9.24. The third-order valence-corrected chi connectivity index (χ3v) is 4.76. The summed E-state index contributed by atoms with van der Waals surface area (Å²) in [6.07, 6.45) is 0. The molecule has 8 heteroatoms. The number of anilines is 1. The zero-order valence-electron chi connectivity index (χ0n) is 16.2. The predicted molar refractivity (Wildman–Crippen MR) is 102 cm³/mol. The van der Waals surface area contributed by atoms with Gasteiger partial charge in [-0.1, -0.05) is 5.16 Å². The van der Waals surface area contributed by atoms with Crippen LogP contribution >= 0.6 is 0 Å². The van der Waals surface area contributed by atoms with E-state index >= 15 is 0 Å². The SMILES string of the molecule is CCN(Cc1nc(COC)no1)C(=O)c1ccc(N2CCN(C)CC2)cc1. The van der Waals surface area contributed by atoms with Gasteiger partial charge in [-0.15, -0.1) is 0 Å². The van der Waals surface area contributed by atoms with Crippen molar-refractivity contribution in [2.24, 2.45) is 0 Å². The second kappa shape index (κ2) is 8.96. The molecular formula is C19H27N5O3. The number of hydrogen-bond acceptors (Lipinski definition) is 7. The van der Waals surface area contributed by atoms with E-state index in [1.165, 1.54) is 0 Å². The quantitative estimate of drug-likeness (QED) is 0.730. The molecule has 8 nitrogen and oxygen atoms in total. The van der Waals surface area contributed by atoms with Crippen molar-refractivity contribution in [3.63, 3.8) is 0 Å². The number of carbonyl (C=O) groups excluding carboxylic acids is 1. The van der Waals surface area contributed by atoms with Crippen molar-refractivity contribution in [3.8, 4) is 0 Å². The summed E-state index contributed by atoms with van der Waals surface area (Å²) in [5.41, 5.74) is 1.81. The van der Waals surface area contributed by atoms with E-state index in [1.54, 1.807) is 12.0 Å². The van der Waals surface area contributed by atoms with E-state index in [4.69, 9.17) is 9.26 Å². The molecule has 0 saturated carbocycles. The van der Waals surface area contributed by atoms with Crippen molar-refractivity contribution >= 4 is 11.6 Å². The van der Waals surface area contributed by atoms with Gasteiger partial charge in [0.25, 0.3) is 5.91 Å². The van der Waals surface area contributed by atoms with Crippen LogP contribution in [0.3, 0.4) is 0 Å². The summed E-state index contributed by atoms with van der Waals surface area (Å²) >= 11 is 0. The molecule has 0 aliphatic carbocycles. The number of piperazine rings is 1. The smallest absolute Gasteiger partial charge is 0.254 e. The van der Waals surface area contributed by atoms with Crippen molar-refractivity contribution in [2.75, 3.05) is 51.8 Å². The number of amides is 1. The minimum Gasteiger partial charge on any atom is -0.377 e. The van der Waals surface area contributed by atoms with Gasteiger partial charge in [-0.3, -0.25) is 4.79 Å². The lowest BCUT2D eigenvalue weighted by Gasteiger charge is -2.34. The predicted octanol–water partition coefficient (Wildman–Crippen LogP) is 1.63. The summed E-state index contributed by atoms with van der Waals surface area (Å²) in [5.74, 6) is 0.841. The Morgan fingerprint density at radius 3 is 2.56 bits per heavy atom. The number of benzene rings is 1. The molecule has 1 aromatic carbocycles. The average Bonchev–Trinajstić information content (AvgIpc) is 3.14. The number of hydrogen-bond donors (Lipinski definition) is 0. The zero-order chi connectivity index (χ0) is 19.2. The fourth-order valence-electron chi connectivity index (χ4n) is 3.09. The highest BCUT2D eigenvalue weighted by Gasteiger charge is 2.19. The Labute approximate surface area is 159 Å². The van der Waals surface area contributed by atoms with E-state index < -0.39 is 0 Å². The van der Waals surface area contributed by atoms with E-state index in [-0.39, 0.29) is 19.1 Å². The Morgan fingerprint density at radius 2 is 1.93 bits per heavy atom. The Balaban J connectivity index is 1.64. The summed E-state index contributed by atoms with van der Waals surface area (Å²) in [6, 6.07) is 7.83. The van der Waals surface area contributed by atoms with Crippen LogP contribution in [0.1, 0.15) is 29.0 Å². The molecule has 146 valence electrons. The number of aromatic nitrogens is 2. The Bertz CT molecular complexity index is 738. The Kier molecular flexibility index (Phi) is 6.41. The first-order valence-corrected chi connectivity index (χ1v) is 9.24. The van der Waals surface area contributed by atoms with Crippen molar-refractivity contribution in [3.05, 3.63) is 41.5 Å². The number of nitrogens with zero attached hydrogens (tertiary/aromatic N) is 5. The summed E-state index contributed by atoms with van der Waals surface area (Å²) in [6.45, 7) is 7.18. The van der Waals surface area contributed by atoms with Crippen molar-refractivity contribution in [2.45, 2.75) is 20.1 Å². The molecule has 0 radical (unpaired) electrons. The van der Waals surface area contributed by atoms with Gasteiger partial charge in [0.1, 0.15) is 13.2 Å². The molecule has 1 saturated heterocycles. The van der Waals surface area contributed by atoms with Gasteiger partial charge in [-0.05, 0) is 38.2 Å². The highest BCUT2D eigenvalue weighted by atomic mass is 16.5. The standard InChI is InChI=1S/C19H27N5O3/c1-4-23(13-18-20-17(14-26-3)21-27-18)19(25)15-5-7-16(8-6-15)24-11-9-22(2)10-12-24/h5-8H,4,9-14H2,1-3H3. The molecular weight excluding hydrogens is 346 g/mol. The lowest BCUT2D eigenvalue weighted by molar-refractivity contribution is 0.0734. The number of ether oxygens (including phenoxy) is 1. The van der Waals surface area contributed by atoms with Crippen LogP contribution in [0.2, 0.25) is 0 Å². The zero-order valence-corrected chi connectivity index (χ0v) is 16.2. The first-order chi connectivity index (χ1) is 13.1. The molecule has 1 fully saturated rings. The third kappa shape index (κ3) is 4.84. The highest BCUT2D eigenvalue weighted by molar-refractivity contribution is 5.94. The van der Waals surface area contributed by atoms with Crippen molar-refractivity contribution < 1.29 is 14.1 Å². The molecule has 3 rings (SSSR count). The van der Waals surface area contributed by atoms with Crippen LogP contribution < -0.4 is 4.90 Å². The number of likely N-dealkylation sites (N-methyl/N-ethyl adjacent to an activating group) is 1. The van der Waals surface area contributed by atoms with Crippen molar-refractivity contribution in [1.82, 2.24) is 19.9 Å². The number of carbonyl (C=O) groups is 1. The lowest BCUT2D eigenvalue weighted by Crippen LogP contribution is -2.44. The van der Waals surface area contributed by atoms with Gasteiger partial charge in [0.05, 0.1) is 0 Å². The molecule has 1 aromatic heterocycles. The van der Waals surface area contributed by atoms with E-state index in [1.807, 2.05) is 31.2 Å². The second-order valence-corrected chi connectivity index (χ2v) is 6.69. The van der Waals surface area contributed by atoms with Crippen LogP contribution in [0, 0.1) is 0 Å². The fraction of sp³-hybridized carbons (Fsp3) is 0.526. The number of rotatable bonds is 7. The normalized spacial score (nSPS) is 15.1. The van der Waals surface area contributed by atoms with Gasteiger partial charge in [-0.2, -0.15) is 4.98 Å². The number of methoxy groups -OCH3 is 1. The summed E-state index contributed by atoms with van der Waals surface area (Å²) in [4.78, 5) is 23.4. The van der Waals surface area contributed by atoms with Gasteiger partial charge >= 0.3 is 0 Å². The van der Waals surface area contributed by atoms with E-state index in [0.717, 1.165) is 31.9 Å². The molecule has 1 aliphatic heterocycles. The first kappa shape index (κ1) is 19.3. The monoisotopic (exact) mass is 373 g/mol. The van der Waals surface area contributed by atoms with Gasteiger partial charge in [0.2, 0.25) is 5.89 Å². The molecule has 2 heterocycles. The summed E-state index contributed by atoms with van der Waals surface area (Å²) < 4.78 is 10.2. The van der Waals surface area contributed by atoms with Crippen LogP contribution in [0.25, 0.3) is 0 Å². The largest absolute Gasteiger partial charge is 0.377 e. The Hall–Kier alpha value is -2.45. The summed E-state index contributed by atoms with van der Waals surface area (Å²) in [5, 5.41) is 3.84. The van der Waals surface area contributed by atoms with Crippen LogP contribution in [-0.2, 0) is 17.9 Å². The second-order valence-electron chi connectivity index (χ2n) is 6.69. The lowest BCUT2D eigenvalue weighted by atomic mass is 10.1. The third-order valence-electron chi connectivity index (χ3n) is 4.76. The highest BCUT2D eigenvalue weighted by Crippen LogP contribution is 2.18. The minimum atomic E-state index is -0.0473. The van der Waals surface area contributed by atoms with Gasteiger partial charge < -0.3 is 24.0 Å². The molecule has 1 amide bonds. The van der Waals surface area contributed by atoms with Crippen LogP contribution in [-0.4, -0.2) is 72.7 Å². The maximum Gasteiger partial charge on any atom is 0.254 e. The van der Waals surface area contributed by atoms with Crippen LogP contribution in [0.5, 0.6) is 0 Å². The molecule has 0 N–H and O–H groups in total. The van der Waals surface area contributed by atoms with E-state index in [2.05, 4.69) is 27.0 Å². The van der Waals surface area contributed by atoms with Crippen LogP contribution in [0.4, 0.5) is 5.69 Å². The molecule has 2 aromatic rings. The van der Waals surface area contributed by atoms with Gasteiger partial charge in [0.15, 0.2) is 5.82 Å². The fourth-order valence-corrected chi connectivity index (χ4v) is 3.09. The molecule has 27 heavy (non-hydrogen) atoms. The van der Waals surface area contributed by atoms with Gasteiger partial charge in [0, 0.05) is 51.1 Å².